The largest absolute Gasteiger partial charge is 0.483 e. The molecule has 0 aliphatic rings. The van der Waals surface area contributed by atoms with Crippen molar-refractivity contribution in [2.45, 2.75) is 0 Å². The number of hydrogen-bond donors (Lipinski definition) is 1. The maximum Gasteiger partial charge on any atom is 0.277 e. The van der Waals surface area contributed by atoms with Crippen LogP contribution in [0, 0.1) is 13.7 Å². The highest BCUT2D eigenvalue weighted by molar-refractivity contribution is 14.1. The van der Waals surface area contributed by atoms with Crippen LogP contribution < -0.4 is 10.2 Å². The highest BCUT2D eigenvalue weighted by atomic mass is 127. The first-order valence-corrected chi connectivity index (χ1v) is 10.0. The third kappa shape index (κ3) is 5.87. The lowest BCUT2D eigenvalue weighted by Crippen LogP contribution is -2.24. The summed E-state index contributed by atoms with van der Waals surface area (Å²) in [6.45, 7) is -0.306. The van der Waals surface area contributed by atoms with Crippen molar-refractivity contribution in [3.63, 3.8) is 0 Å². The molecule has 3 aromatic rings. The summed E-state index contributed by atoms with van der Waals surface area (Å²) in [7, 11) is 0. The molecule has 29 heavy (non-hydrogen) atoms. The summed E-state index contributed by atoms with van der Waals surface area (Å²) in [6, 6.07) is 15.4. The Morgan fingerprint density at radius 1 is 1.24 bits per heavy atom. The van der Waals surface area contributed by atoms with Crippen LogP contribution >= 0.6 is 38.5 Å². The molecule has 0 saturated carbocycles. The smallest absolute Gasteiger partial charge is 0.277 e. The second-order valence-electron chi connectivity index (χ2n) is 5.66. The minimum atomic E-state index is -0.519. The lowest BCUT2D eigenvalue weighted by molar-refractivity contribution is -0.384. The predicted octanol–water partition coefficient (Wildman–Crippen LogP) is 4.75. The zero-order chi connectivity index (χ0) is 20.8. The number of nitro groups is 1. The number of amides is 1. The SMILES string of the molecule is O=C(COc1ccc([N+](=O)[O-])cc1Br)NN=Cc1ccc(-c2ccc(I)cc2)o1. The van der Waals surface area contributed by atoms with Gasteiger partial charge in [-0.05, 0) is 68.9 Å². The topological polar surface area (TPSA) is 107 Å². The summed E-state index contributed by atoms with van der Waals surface area (Å²) < 4.78 is 12.5. The third-order valence-electron chi connectivity index (χ3n) is 3.62. The molecule has 0 saturated heterocycles. The van der Waals surface area contributed by atoms with Crippen molar-refractivity contribution in [3.05, 3.63) is 78.5 Å². The Bertz CT molecular complexity index is 1070. The van der Waals surface area contributed by atoms with Gasteiger partial charge < -0.3 is 9.15 Å². The van der Waals surface area contributed by atoms with Crippen molar-refractivity contribution in [3.8, 4) is 17.1 Å². The van der Waals surface area contributed by atoms with E-state index in [4.69, 9.17) is 9.15 Å². The highest BCUT2D eigenvalue weighted by Gasteiger charge is 2.11. The van der Waals surface area contributed by atoms with Gasteiger partial charge in [0.2, 0.25) is 0 Å². The molecule has 0 bridgehead atoms. The molecular formula is C19H13BrIN3O5. The van der Waals surface area contributed by atoms with Crippen molar-refractivity contribution in [2.24, 2.45) is 5.10 Å². The van der Waals surface area contributed by atoms with E-state index in [0.717, 1.165) is 9.13 Å². The van der Waals surface area contributed by atoms with E-state index in [1.807, 2.05) is 30.3 Å². The monoisotopic (exact) mass is 569 g/mol. The first-order chi connectivity index (χ1) is 13.9. The molecule has 0 atom stereocenters. The van der Waals surface area contributed by atoms with E-state index in [1.54, 1.807) is 6.07 Å². The van der Waals surface area contributed by atoms with Gasteiger partial charge in [-0.15, -0.1) is 0 Å². The van der Waals surface area contributed by atoms with Crippen LogP contribution in [-0.4, -0.2) is 23.7 Å². The Hall–Kier alpha value is -2.73. The summed E-state index contributed by atoms with van der Waals surface area (Å²) in [4.78, 5) is 22.0. The fourth-order valence-electron chi connectivity index (χ4n) is 2.26. The number of nitrogens with zero attached hydrogens (tertiary/aromatic N) is 2. The Morgan fingerprint density at radius 2 is 2.00 bits per heavy atom. The van der Waals surface area contributed by atoms with E-state index in [9.17, 15) is 14.9 Å². The molecule has 0 spiro atoms. The van der Waals surface area contributed by atoms with E-state index >= 15 is 0 Å². The molecule has 3 rings (SSSR count). The zero-order valence-electron chi connectivity index (χ0n) is 14.7. The summed E-state index contributed by atoms with van der Waals surface area (Å²) in [6.07, 6.45) is 1.38. The van der Waals surface area contributed by atoms with Crippen LogP contribution in [0.5, 0.6) is 5.75 Å². The van der Waals surface area contributed by atoms with Crippen LogP contribution in [0.2, 0.25) is 0 Å². The fourth-order valence-corrected chi connectivity index (χ4v) is 3.10. The van der Waals surface area contributed by atoms with Crippen molar-refractivity contribution in [1.29, 1.82) is 0 Å². The average Bonchev–Trinajstić information content (AvgIpc) is 3.16. The van der Waals surface area contributed by atoms with E-state index in [2.05, 4.69) is 49.0 Å². The maximum absolute atomic E-state index is 11.8. The van der Waals surface area contributed by atoms with E-state index < -0.39 is 10.8 Å². The van der Waals surface area contributed by atoms with Crippen LogP contribution in [0.15, 0.2) is 68.6 Å². The molecule has 8 nitrogen and oxygen atoms in total. The lowest BCUT2D eigenvalue weighted by Gasteiger charge is -2.06. The summed E-state index contributed by atoms with van der Waals surface area (Å²) in [5.41, 5.74) is 3.19. The number of nitro benzene ring substituents is 1. The Morgan fingerprint density at radius 3 is 2.69 bits per heavy atom. The molecule has 0 radical (unpaired) electrons. The molecule has 1 heterocycles. The van der Waals surface area contributed by atoms with Gasteiger partial charge in [-0.2, -0.15) is 5.10 Å². The van der Waals surface area contributed by atoms with Gasteiger partial charge in [-0.3, -0.25) is 14.9 Å². The number of ether oxygens (including phenoxy) is 1. The molecular weight excluding hydrogens is 557 g/mol. The fraction of sp³-hybridized carbons (Fsp3) is 0.0526. The van der Waals surface area contributed by atoms with Gasteiger partial charge in [0.15, 0.2) is 6.61 Å². The number of benzene rings is 2. The standard InChI is InChI=1S/C19H13BrIN3O5/c20-16-9-14(24(26)27)5-7-18(16)28-11-19(25)23-22-10-15-6-8-17(29-15)12-1-3-13(21)4-2-12/h1-10H,11H2,(H,23,25). The number of hydrogen-bond acceptors (Lipinski definition) is 6. The van der Waals surface area contributed by atoms with Crippen LogP contribution in [0.3, 0.4) is 0 Å². The number of non-ortho nitro benzene ring substituents is 1. The second kappa shape index (κ2) is 9.65. The van der Waals surface area contributed by atoms with Crippen LogP contribution in [0.4, 0.5) is 5.69 Å². The van der Waals surface area contributed by atoms with Crippen LogP contribution in [0.25, 0.3) is 11.3 Å². The number of rotatable bonds is 7. The number of halogens is 2. The number of carbonyl (C=O) groups is 1. The van der Waals surface area contributed by atoms with E-state index in [0.29, 0.717) is 21.7 Å². The molecule has 0 fully saturated rings. The van der Waals surface area contributed by atoms with Gasteiger partial charge in [-0.25, -0.2) is 5.43 Å². The molecule has 2 aromatic carbocycles. The van der Waals surface area contributed by atoms with Crippen molar-refractivity contribution >= 4 is 56.3 Å². The molecule has 148 valence electrons. The number of carbonyl (C=O) groups excluding carboxylic acids is 1. The maximum atomic E-state index is 11.8. The molecule has 0 unspecified atom stereocenters. The van der Waals surface area contributed by atoms with Gasteiger partial charge in [0.1, 0.15) is 17.3 Å². The minimum absolute atomic E-state index is 0.0821. The third-order valence-corrected chi connectivity index (χ3v) is 4.96. The second-order valence-corrected chi connectivity index (χ2v) is 7.76. The first-order valence-electron chi connectivity index (χ1n) is 8.17. The van der Waals surface area contributed by atoms with E-state index in [-0.39, 0.29) is 12.3 Å². The summed E-state index contributed by atoms with van der Waals surface area (Å²) in [5.74, 6) is 0.997. The molecule has 1 N–H and O–H groups in total. The highest BCUT2D eigenvalue weighted by Crippen LogP contribution is 2.29. The van der Waals surface area contributed by atoms with Crippen molar-refractivity contribution in [2.75, 3.05) is 6.61 Å². The average molecular weight is 570 g/mol. The van der Waals surface area contributed by atoms with Gasteiger partial charge in [0.25, 0.3) is 11.6 Å². The first kappa shape index (κ1) is 21.0. The predicted molar refractivity (Wildman–Crippen MR) is 119 cm³/mol. The molecule has 1 aromatic heterocycles. The summed E-state index contributed by atoms with van der Waals surface area (Å²) in [5, 5.41) is 14.6. The molecule has 0 aliphatic carbocycles. The Balaban J connectivity index is 1.51. The molecule has 0 aliphatic heterocycles. The summed E-state index contributed by atoms with van der Waals surface area (Å²) >= 11 is 5.40. The van der Waals surface area contributed by atoms with Gasteiger partial charge in [-0.1, -0.05) is 12.1 Å². The van der Waals surface area contributed by atoms with Crippen LogP contribution in [-0.2, 0) is 4.79 Å². The van der Waals surface area contributed by atoms with Gasteiger partial charge >= 0.3 is 0 Å². The van der Waals surface area contributed by atoms with Crippen molar-refractivity contribution < 1.29 is 18.9 Å². The van der Waals surface area contributed by atoms with Crippen LogP contribution in [0.1, 0.15) is 5.76 Å². The number of nitrogens with one attached hydrogen (secondary N) is 1. The Labute approximate surface area is 187 Å². The lowest BCUT2D eigenvalue weighted by atomic mass is 10.2. The van der Waals surface area contributed by atoms with Gasteiger partial charge in [0, 0.05) is 21.3 Å². The quantitative estimate of drug-likeness (QED) is 0.191. The number of furan rings is 1. The van der Waals surface area contributed by atoms with E-state index in [1.165, 1.54) is 24.4 Å². The normalized spacial score (nSPS) is 10.8. The zero-order valence-corrected chi connectivity index (χ0v) is 18.4. The van der Waals surface area contributed by atoms with Gasteiger partial charge in [0.05, 0.1) is 15.6 Å². The van der Waals surface area contributed by atoms with Crippen molar-refractivity contribution in [1.82, 2.24) is 5.43 Å². The minimum Gasteiger partial charge on any atom is -0.483 e. The molecule has 1 amide bonds. The number of hydrazone groups is 1. The molecule has 10 heteroatoms. The Kier molecular flexibility index (Phi) is 6.99.